The van der Waals surface area contributed by atoms with Gasteiger partial charge in [0, 0.05) is 24.7 Å². The number of carboxylic acids is 1. The number of Topliss-reactive ketones (excluding diaryl/α,β-unsaturated/α-hetero) is 1. The van der Waals surface area contributed by atoms with Gasteiger partial charge in [-0.05, 0) is 25.7 Å². The van der Waals surface area contributed by atoms with Crippen LogP contribution < -0.4 is 0 Å². The van der Waals surface area contributed by atoms with Crippen molar-refractivity contribution in [1.82, 2.24) is 0 Å². The van der Waals surface area contributed by atoms with E-state index < -0.39 is 18.2 Å². The van der Waals surface area contributed by atoms with Crippen molar-refractivity contribution in [3.8, 4) is 0 Å². The van der Waals surface area contributed by atoms with Crippen LogP contribution in [0.4, 0.5) is 0 Å². The molecule has 1 aliphatic carbocycles. The van der Waals surface area contributed by atoms with Crippen molar-refractivity contribution in [2.75, 3.05) is 0 Å². The van der Waals surface area contributed by atoms with Gasteiger partial charge >= 0.3 is 5.97 Å². The molecule has 25 heavy (non-hydrogen) atoms. The second-order valence-electron chi connectivity index (χ2n) is 6.84. The summed E-state index contributed by atoms with van der Waals surface area (Å²) in [5, 5.41) is 28.7. The maximum Gasteiger partial charge on any atom is 0.303 e. The summed E-state index contributed by atoms with van der Waals surface area (Å²) in [5.41, 5.74) is 0. The lowest BCUT2D eigenvalue weighted by molar-refractivity contribution is -0.137. The normalized spacial score (nSPS) is 25.2. The zero-order valence-corrected chi connectivity index (χ0v) is 15.1. The third kappa shape index (κ3) is 8.45. The summed E-state index contributed by atoms with van der Waals surface area (Å²) < 4.78 is 0. The second kappa shape index (κ2) is 12.0. The van der Waals surface area contributed by atoms with Gasteiger partial charge in [-0.15, -0.1) is 0 Å². The van der Waals surface area contributed by atoms with Crippen LogP contribution in [0.15, 0.2) is 24.3 Å². The van der Waals surface area contributed by atoms with E-state index in [1.165, 1.54) is 0 Å². The Morgan fingerprint density at radius 2 is 1.96 bits per heavy atom. The van der Waals surface area contributed by atoms with Crippen molar-refractivity contribution < 1.29 is 24.9 Å². The van der Waals surface area contributed by atoms with E-state index in [1.54, 1.807) is 12.2 Å². The molecule has 4 unspecified atom stereocenters. The third-order valence-electron chi connectivity index (χ3n) is 4.72. The van der Waals surface area contributed by atoms with Gasteiger partial charge in [-0.3, -0.25) is 9.59 Å². The Hall–Kier alpha value is -1.46. The number of ketones is 1. The molecule has 0 aliphatic heterocycles. The minimum absolute atomic E-state index is 0.0908. The molecule has 0 saturated heterocycles. The molecule has 4 atom stereocenters. The zero-order valence-electron chi connectivity index (χ0n) is 15.1. The van der Waals surface area contributed by atoms with Crippen LogP contribution in [0.3, 0.4) is 0 Å². The lowest BCUT2D eigenvalue weighted by Gasteiger charge is -2.18. The van der Waals surface area contributed by atoms with Crippen LogP contribution in [0.2, 0.25) is 0 Å². The summed E-state index contributed by atoms with van der Waals surface area (Å²) in [7, 11) is 0. The molecule has 0 heterocycles. The van der Waals surface area contributed by atoms with Gasteiger partial charge < -0.3 is 15.3 Å². The lowest BCUT2D eigenvalue weighted by Crippen LogP contribution is -2.19. The first-order chi connectivity index (χ1) is 12.0. The largest absolute Gasteiger partial charge is 0.481 e. The number of aliphatic hydroxyl groups is 2. The molecule has 0 amide bonds. The molecule has 0 bridgehead atoms. The quantitative estimate of drug-likeness (QED) is 0.370. The number of carboxylic acid groups (broad SMARTS) is 1. The average molecular weight is 352 g/mol. The number of hydrogen-bond acceptors (Lipinski definition) is 4. The maximum absolute atomic E-state index is 12.1. The van der Waals surface area contributed by atoms with Crippen LogP contribution >= 0.6 is 0 Å². The Morgan fingerprint density at radius 3 is 2.64 bits per heavy atom. The molecule has 0 aromatic heterocycles. The van der Waals surface area contributed by atoms with Crippen molar-refractivity contribution in [1.29, 1.82) is 0 Å². The van der Waals surface area contributed by atoms with Crippen molar-refractivity contribution >= 4 is 11.8 Å². The highest BCUT2D eigenvalue weighted by atomic mass is 16.4. The van der Waals surface area contributed by atoms with Gasteiger partial charge in [-0.1, -0.05) is 50.5 Å². The predicted molar refractivity (Wildman–Crippen MR) is 97.1 cm³/mol. The van der Waals surface area contributed by atoms with E-state index in [-0.39, 0.29) is 30.5 Å². The topological polar surface area (TPSA) is 94.8 Å². The molecule has 1 rings (SSSR count). The summed E-state index contributed by atoms with van der Waals surface area (Å²) in [5.74, 6) is -1.10. The molecule has 1 saturated carbocycles. The van der Waals surface area contributed by atoms with Gasteiger partial charge in [-0.2, -0.15) is 0 Å². The summed E-state index contributed by atoms with van der Waals surface area (Å²) >= 11 is 0. The first kappa shape index (κ1) is 21.6. The number of aliphatic hydroxyl groups excluding tert-OH is 2. The number of carbonyl (C=O) groups excluding carboxylic acids is 1. The monoisotopic (exact) mass is 352 g/mol. The minimum Gasteiger partial charge on any atom is -0.481 e. The Kier molecular flexibility index (Phi) is 10.3. The molecule has 0 radical (unpaired) electrons. The van der Waals surface area contributed by atoms with Crippen LogP contribution in [0, 0.1) is 11.8 Å². The van der Waals surface area contributed by atoms with Gasteiger partial charge in [0.25, 0.3) is 0 Å². The van der Waals surface area contributed by atoms with Crippen molar-refractivity contribution in [3.05, 3.63) is 24.3 Å². The molecule has 5 nitrogen and oxygen atoms in total. The van der Waals surface area contributed by atoms with E-state index in [0.717, 1.165) is 25.7 Å². The number of hydrogen-bond donors (Lipinski definition) is 3. The second-order valence-corrected chi connectivity index (χ2v) is 6.84. The SMILES string of the molecule is CC/C=C/CC(O)/C=C/C1C(O)CC(=O)C1CCCCCCC(=O)O. The van der Waals surface area contributed by atoms with Gasteiger partial charge in [0.1, 0.15) is 5.78 Å². The zero-order chi connectivity index (χ0) is 18.7. The van der Waals surface area contributed by atoms with E-state index in [1.807, 2.05) is 19.1 Å². The summed E-state index contributed by atoms with van der Waals surface area (Å²) in [6.07, 6.45) is 12.0. The summed E-state index contributed by atoms with van der Waals surface area (Å²) in [6.45, 7) is 2.03. The van der Waals surface area contributed by atoms with E-state index in [0.29, 0.717) is 19.3 Å². The molecular formula is C20H32O5. The first-order valence-electron chi connectivity index (χ1n) is 9.39. The Balaban J connectivity index is 2.43. The molecule has 0 aromatic carbocycles. The smallest absolute Gasteiger partial charge is 0.303 e. The Labute approximate surface area is 150 Å². The standard InChI is InChI=1S/C20H32O5/c1-2-3-6-9-15(21)12-13-17-16(18(22)14-19(17)23)10-7-4-5-8-11-20(24)25/h3,6,12-13,15-17,19,21,23H,2,4-5,7-11,14H2,1H3,(H,24,25)/b6-3+,13-12+. The van der Waals surface area contributed by atoms with Crippen LogP contribution in [0.5, 0.6) is 0 Å². The maximum atomic E-state index is 12.1. The molecular weight excluding hydrogens is 320 g/mol. The van der Waals surface area contributed by atoms with E-state index in [9.17, 15) is 19.8 Å². The fourth-order valence-corrected chi connectivity index (χ4v) is 3.32. The van der Waals surface area contributed by atoms with Gasteiger partial charge in [0.2, 0.25) is 0 Å². The Morgan fingerprint density at radius 1 is 1.24 bits per heavy atom. The van der Waals surface area contributed by atoms with Gasteiger partial charge in [0.05, 0.1) is 12.2 Å². The minimum atomic E-state index is -0.772. The number of carbonyl (C=O) groups is 2. The molecule has 5 heteroatoms. The Bertz CT molecular complexity index is 469. The average Bonchev–Trinajstić information content (AvgIpc) is 2.82. The van der Waals surface area contributed by atoms with Gasteiger partial charge in [-0.25, -0.2) is 0 Å². The third-order valence-corrected chi connectivity index (χ3v) is 4.72. The number of allylic oxidation sites excluding steroid dienone is 1. The summed E-state index contributed by atoms with van der Waals surface area (Å²) in [4.78, 5) is 22.6. The molecule has 1 fully saturated rings. The number of unbranched alkanes of at least 4 members (excludes halogenated alkanes) is 3. The van der Waals surface area contributed by atoms with Crippen LogP contribution in [0.25, 0.3) is 0 Å². The highest BCUT2D eigenvalue weighted by molar-refractivity contribution is 5.84. The van der Waals surface area contributed by atoms with E-state index >= 15 is 0 Å². The van der Waals surface area contributed by atoms with Crippen molar-refractivity contribution in [2.24, 2.45) is 11.8 Å². The van der Waals surface area contributed by atoms with Crippen LogP contribution in [-0.2, 0) is 9.59 Å². The van der Waals surface area contributed by atoms with Gasteiger partial charge in [0.15, 0.2) is 0 Å². The van der Waals surface area contributed by atoms with Crippen LogP contribution in [0.1, 0.15) is 64.7 Å². The summed E-state index contributed by atoms with van der Waals surface area (Å²) in [6, 6.07) is 0. The molecule has 0 aromatic rings. The lowest BCUT2D eigenvalue weighted by atomic mass is 9.88. The van der Waals surface area contributed by atoms with E-state index in [2.05, 4.69) is 0 Å². The molecule has 1 aliphatic rings. The molecule has 142 valence electrons. The highest BCUT2D eigenvalue weighted by Gasteiger charge is 2.39. The number of rotatable bonds is 12. The number of aliphatic carboxylic acids is 1. The fraction of sp³-hybridized carbons (Fsp3) is 0.700. The first-order valence-corrected chi connectivity index (χ1v) is 9.39. The molecule has 3 N–H and O–H groups in total. The molecule has 0 spiro atoms. The van der Waals surface area contributed by atoms with Crippen molar-refractivity contribution in [2.45, 2.75) is 76.9 Å². The van der Waals surface area contributed by atoms with E-state index in [4.69, 9.17) is 5.11 Å². The van der Waals surface area contributed by atoms with Crippen molar-refractivity contribution in [3.63, 3.8) is 0 Å². The highest BCUT2D eigenvalue weighted by Crippen LogP contribution is 2.34. The predicted octanol–water partition coefficient (Wildman–Crippen LogP) is 3.25. The van der Waals surface area contributed by atoms with Crippen LogP contribution in [-0.4, -0.2) is 39.3 Å². The fourth-order valence-electron chi connectivity index (χ4n) is 3.32.